The lowest BCUT2D eigenvalue weighted by Gasteiger charge is -2.29. The van der Waals surface area contributed by atoms with Crippen molar-refractivity contribution >= 4 is 11.8 Å². The first kappa shape index (κ1) is 15.6. The van der Waals surface area contributed by atoms with Crippen molar-refractivity contribution in [1.82, 2.24) is 5.32 Å². The van der Waals surface area contributed by atoms with Crippen LogP contribution in [0, 0.1) is 0 Å². The molecule has 0 aromatic carbocycles. The Morgan fingerprint density at radius 1 is 1.21 bits per heavy atom. The molecule has 0 bridgehead atoms. The highest BCUT2D eigenvalue weighted by atomic mass is 32.2. The van der Waals surface area contributed by atoms with Gasteiger partial charge in [0.25, 0.3) is 0 Å². The van der Waals surface area contributed by atoms with Gasteiger partial charge in [0.1, 0.15) is 0 Å². The van der Waals surface area contributed by atoms with Crippen LogP contribution in [0.5, 0.6) is 0 Å². The maximum absolute atomic E-state index is 9.54. The zero-order chi connectivity index (χ0) is 13.6. The highest BCUT2D eigenvalue weighted by Gasteiger charge is 2.31. The van der Waals surface area contributed by atoms with Crippen LogP contribution in [-0.2, 0) is 4.74 Å². The van der Waals surface area contributed by atoms with E-state index < -0.39 is 0 Å². The van der Waals surface area contributed by atoms with Crippen LogP contribution in [0.25, 0.3) is 0 Å². The fourth-order valence-electron chi connectivity index (χ4n) is 2.63. The van der Waals surface area contributed by atoms with Crippen molar-refractivity contribution in [3.05, 3.63) is 0 Å². The Hall–Kier alpha value is 0.230. The second kappa shape index (κ2) is 7.87. The van der Waals surface area contributed by atoms with E-state index in [1.807, 2.05) is 0 Å². The predicted octanol–water partition coefficient (Wildman–Crippen LogP) is 2.57. The summed E-state index contributed by atoms with van der Waals surface area (Å²) in [6, 6.07) is 0.675. The summed E-state index contributed by atoms with van der Waals surface area (Å²) in [5.41, 5.74) is -0.0511. The third-order valence-electron chi connectivity index (χ3n) is 4.12. The molecule has 1 atom stereocenters. The Morgan fingerprint density at radius 3 is 2.58 bits per heavy atom. The van der Waals surface area contributed by atoms with Gasteiger partial charge in [0, 0.05) is 30.0 Å². The summed E-state index contributed by atoms with van der Waals surface area (Å²) >= 11 is 2.12. The number of aliphatic hydroxyl groups excluding tert-OH is 1. The van der Waals surface area contributed by atoms with E-state index in [2.05, 4.69) is 24.0 Å². The van der Waals surface area contributed by atoms with Crippen LogP contribution in [-0.4, -0.2) is 47.5 Å². The van der Waals surface area contributed by atoms with Gasteiger partial charge in [-0.1, -0.05) is 6.42 Å². The number of unbranched alkanes of at least 4 members (excludes halogenated alkanes) is 1. The minimum atomic E-state index is -0.0511. The van der Waals surface area contributed by atoms with E-state index in [0.29, 0.717) is 6.04 Å². The van der Waals surface area contributed by atoms with Crippen molar-refractivity contribution in [1.29, 1.82) is 0 Å². The first-order valence-electron chi connectivity index (χ1n) is 7.80. The molecule has 1 saturated carbocycles. The molecule has 4 heteroatoms. The average molecular weight is 287 g/mol. The molecule has 19 heavy (non-hydrogen) atoms. The summed E-state index contributed by atoms with van der Waals surface area (Å²) in [7, 11) is 0. The normalized spacial score (nSPS) is 24.3. The fourth-order valence-corrected chi connectivity index (χ4v) is 3.86. The Bertz CT molecular complexity index is 255. The maximum atomic E-state index is 9.54. The van der Waals surface area contributed by atoms with Crippen LogP contribution in [0.2, 0.25) is 0 Å². The summed E-state index contributed by atoms with van der Waals surface area (Å²) in [6.07, 6.45) is 8.60. The van der Waals surface area contributed by atoms with Crippen LogP contribution >= 0.6 is 11.8 Å². The van der Waals surface area contributed by atoms with Crippen LogP contribution in [0.15, 0.2) is 0 Å². The average Bonchev–Trinajstić information content (AvgIpc) is 3.23. The number of rotatable bonds is 9. The van der Waals surface area contributed by atoms with Crippen molar-refractivity contribution in [2.24, 2.45) is 0 Å². The summed E-state index contributed by atoms with van der Waals surface area (Å²) in [6.45, 7) is 4.32. The third kappa shape index (κ3) is 6.03. The number of thioether (sulfide) groups is 1. The highest BCUT2D eigenvalue weighted by molar-refractivity contribution is 7.99. The molecule has 1 aliphatic heterocycles. The molecule has 2 N–H and O–H groups in total. The number of aliphatic hydroxyl groups is 1. The summed E-state index contributed by atoms with van der Waals surface area (Å²) < 4.78 is 5.38. The van der Waals surface area contributed by atoms with E-state index in [1.165, 1.54) is 44.3 Å². The number of ether oxygens (including phenoxy) is 1. The zero-order valence-electron chi connectivity index (χ0n) is 12.2. The van der Waals surface area contributed by atoms with Gasteiger partial charge in [-0.15, -0.1) is 0 Å². The molecular weight excluding hydrogens is 258 g/mol. The van der Waals surface area contributed by atoms with E-state index in [0.717, 1.165) is 24.9 Å². The van der Waals surface area contributed by atoms with E-state index >= 15 is 0 Å². The SMILES string of the molecule is CC(CO)(CCCCSC1CCOCC1)NC1CC1. The largest absolute Gasteiger partial charge is 0.394 e. The smallest absolute Gasteiger partial charge is 0.0610 e. The molecule has 0 radical (unpaired) electrons. The van der Waals surface area contributed by atoms with E-state index in [1.54, 1.807) is 0 Å². The summed E-state index contributed by atoms with van der Waals surface area (Å²) in [5, 5.41) is 13.9. The number of hydrogen-bond acceptors (Lipinski definition) is 4. The van der Waals surface area contributed by atoms with Crippen molar-refractivity contribution < 1.29 is 9.84 Å². The maximum Gasteiger partial charge on any atom is 0.0610 e. The predicted molar refractivity (Wildman–Crippen MR) is 81.8 cm³/mol. The molecular formula is C15H29NO2S. The van der Waals surface area contributed by atoms with Crippen LogP contribution in [0.3, 0.4) is 0 Å². The first-order chi connectivity index (χ1) is 9.22. The molecule has 1 aliphatic carbocycles. The highest BCUT2D eigenvalue weighted by Crippen LogP contribution is 2.26. The van der Waals surface area contributed by atoms with Gasteiger partial charge < -0.3 is 15.2 Å². The Kier molecular flexibility index (Phi) is 6.46. The van der Waals surface area contributed by atoms with E-state index in [-0.39, 0.29) is 12.1 Å². The monoisotopic (exact) mass is 287 g/mol. The van der Waals surface area contributed by atoms with E-state index in [4.69, 9.17) is 4.74 Å². The third-order valence-corrected chi connectivity index (χ3v) is 5.59. The first-order valence-corrected chi connectivity index (χ1v) is 8.85. The van der Waals surface area contributed by atoms with Crippen LogP contribution in [0.4, 0.5) is 0 Å². The summed E-state index contributed by atoms with van der Waals surface area (Å²) in [4.78, 5) is 0. The number of nitrogens with one attached hydrogen (secondary N) is 1. The van der Waals surface area contributed by atoms with Crippen LogP contribution < -0.4 is 5.32 Å². The molecule has 112 valence electrons. The van der Waals surface area contributed by atoms with Crippen molar-refractivity contribution in [2.45, 2.75) is 68.7 Å². The van der Waals surface area contributed by atoms with Crippen LogP contribution in [0.1, 0.15) is 51.9 Å². The minimum Gasteiger partial charge on any atom is -0.394 e. The fraction of sp³-hybridized carbons (Fsp3) is 1.00. The quantitative estimate of drug-likeness (QED) is 0.640. The second-order valence-corrected chi connectivity index (χ2v) is 7.69. The Balaban J connectivity index is 1.52. The zero-order valence-corrected chi connectivity index (χ0v) is 13.0. The van der Waals surface area contributed by atoms with Gasteiger partial charge in [0.15, 0.2) is 0 Å². The summed E-state index contributed by atoms with van der Waals surface area (Å²) in [5.74, 6) is 1.26. The molecule has 0 aromatic heterocycles. The van der Waals surface area contributed by atoms with Gasteiger partial charge in [-0.25, -0.2) is 0 Å². The van der Waals surface area contributed by atoms with Gasteiger partial charge in [0.2, 0.25) is 0 Å². The molecule has 1 heterocycles. The lowest BCUT2D eigenvalue weighted by Crippen LogP contribution is -2.46. The Labute approximate surface area is 121 Å². The van der Waals surface area contributed by atoms with Crippen molar-refractivity contribution in [3.63, 3.8) is 0 Å². The van der Waals surface area contributed by atoms with Crippen molar-refractivity contribution in [2.75, 3.05) is 25.6 Å². The molecule has 3 nitrogen and oxygen atoms in total. The van der Waals surface area contributed by atoms with Gasteiger partial charge in [-0.2, -0.15) is 11.8 Å². The molecule has 0 aromatic rings. The molecule has 2 aliphatic rings. The topological polar surface area (TPSA) is 41.5 Å². The molecule has 2 fully saturated rings. The molecule has 1 unspecified atom stereocenters. The van der Waals surface area contributed by atoms with E-state index in [9.17, 15) is 5.11 Å². The Morgan fingerprint density at radius 2 is 1.95 bits per heavy atom. The molecule has 0 spiro atoms. The minimum absolute atomic E-state index is 0.0511. The lowest BCUT2D eigenvalue weighted by molar-refractivity contribution is 0.1000. The van der Waals surface area contributed by atoms with Gasteiger partial charge in [-0.3, -0.25) is 0 Å². The molecule has 0 amide bonds. The van der Waals surface area contributed by atoms with Gasteiger partial charge in [-0.05, 0) is 51.2 Å². The lowest BCUT2D eigenvalue weighted by atomic mass is 9.96. The second-order valence-electron chi connectivity index (χ2n) is 6.28. The van der Waals surface area contributed by atoms with Crippen molar-refractivity contribution in [3.8, 4) is 0 Å². The van der Waals surface area contributed by atoms with Gasteiger partial charge in [0.05, 0.1) is 6.61 Å². The molecule has 2 rings (SSSR count). The van der Waals surface area contributed by atoms with Gasteiger partial charge >= 0.3 is 0 Å². The molecule has 1 saturated heterocycles. The number of hydrogen-bond donors (Lipinski definition) is 2. The standard InChI is InChI=1S/C15H29NO2S/c1-15(12-17,16-13-4-5-13)8-2-3-11-19-14-6-9-18-10-7-14/h13-14,16-17H,2-12H2,1H3.